The molecule has 0 bridgehead atoms. The Morgan fingerprint density at radius 1 is 1.29 bits per heavy atom. The second kappa shape index (κ2) is 4.03. The molecule has 14 heavy (non-hydrogen) atoms. The number of allylic oxidation sites excluding steroid dienone is 3. The summed E-state index contributed by atoms with van der Waals surface area (Å²) in [6.45, 7) is 9.60. The highest BCUT2D eigenvalue weighted by molar-refractivity contribution is 6.84. The summed E-state index contributed by atoms with van der Waals surface area (Å²) in [6, 6.07) is 0.590. The molecule has 0 fully saturated rings. The lowest BCUT2D eigenvalue weighted by Gasteiger charge is -2.27. The summed E-state index contributed by atoms with van der Waals surface area (Å²) in [7, 11) is 3.20. The normalized spacial score (nSPS) is 19.6. The molecule has 1 rings (SSSR count). The molecule has 0 saturated carbocycles. The Bertz CT molecular complexity index is 269. The van der Waals surface area contributed by atoms with Crippen LogP contribution in [-0.2, 0) is 0 Å². The van der Waals surface area contributed by atoms with E-state index in [1.807, 2.05) is 0 Å². The summed E-state index contributed by atoms with van der Waals surface area (Å²) < 4.78 is 0. The van der Waals surface area contributed by atoms with Gasteiger partial charge in [0.25, 0.3) is 0 Å². The van der Waals surface area contributed by atoms with Crippen LogP contribution in [0.3, 0.4) is 0 Å². The van der Waals surface area contributed by atoms with Gasteiger partial charge in [0.05, 0.1) is 8.07 Å². The van der Waals surface area contributed by atoms with Crippen LogP contribution in [0.1, 0.15) is 13.3 Å². The number of rotatable bonds is 3. The van der Waals surface area contributed by atoms with Gasteiger partial charge in [-0.3, -0.25) is 0 Å². The highest BCUT2D eigenvalue weighted by Crippen LogP contribution is 2.30. The zero-order valence-corrected chi connectivity index (χ0v) is 11.4. The molecule has 0 amide bonds. The van der Waals surface area contributed by atoms with E-state index in [1.54, 1.807) is 10.8 Å². The Morgan fingerprint density at radius 2 is 1.86 bits per heavy atom. The predicted octanol–water partition coefficient (Wildman–Crippen LogP) is 3.07. The van der Waals surface area contributed by atoms with Gasteiger partial charge in [0, 0.05) is 6.04 Å². The molecule has 0 aliphatic heterocycles. The van der Waals surface area contributed by atoms with Gasteiger partial charge >= 0.3 is 0 Å². The molecule has 2 heteroatoms. The van der Waals surface area contributed by atoms with Crippen molar-refractivity contribution in [2.75, 3.05) is 14.1 Å². The van der Waals surface area contributed by atoms with Crippen molar-refractivity contribution in [2.45, 2.75) is 39.0 Å². The van der Waals surface area contributed by atoms with Crippen molar-refractivity contribution in [3.63, 3.8) is 0 Å². The highest BCUT2D eigenvalue weighted by atomic mass is 28.3. The van der Waals surface area contributed by atoms with Gasteiger partial charge < -0.3 is 4.90 Å². The zero-order chi connectivity index (χ0) is 10.9. The maximum atomic E-state index is 2.43. The van der Waals surface area contributed by atoms with E-state index in [9.17, 15) is 0 Å². The SMILES string of the molecule is C[C@@H](C1=C([Si](C)(C)C)C=CC1)N(C)C. The van der Waals surface area contributed by atoms with Crippen LogP contribution < -0.4 is 0 Å². The van der Waals surface area contributed by atoms with Crippen molar-refractivity contribution >= 4 is 8.07 Å². The Labute approximate surface area is 89.5 Å². The number of likely N-dealkylation sites (N-methyl/N-ethyl adjacent to an activating group) is 1. The van der Waals surface area contributed by atoms with E-state index in [0.717, 1.165) is 0 Å². The van der Waals surface area contributed by atoms with Gasteiger partial charge in [-0.1, -0.05) is 42.6 Å². The van der Waals surface area contributed by atoms with Gasteiger partial charge in [-0.15, -0.1) is 0 Å². The quantitative estimate of drug-likeness (QED) is 0.646. The van der Waals surface area contributed by atoms with E-state index in [1.165, 1.54) is 6.42 Å². The summed E-state index contributed by atoms with van der Waals surface area (Å²) in [5, 5.41) is 1.67. The second-order valence-electron chi connectivity index (χ2n) is 5.43. The van der Waals surface area contributed by atoms with Crippen molar-refractivity contribution < 1.29 is 0 Å². The molecule has 1 aliphatic carbocycles. The summed E-state index contributed by atoms with van der Waals surface area (Å²) >= 11 is 0. The lowest BCUT2D eigenvalue weighted by atomic mass is 10.1. The minimum Gasteiger partial charge on any atom is -0.303 e. The molecule has 80 valence electrons. The van der Waals surface area contributed by atoms with E-state index in [2.05, 4.69) is 57.7 Å². The molecule has 0 aromatic rings. The molecule has 0 heterocycles. The van der Waals surface area contributed by atoms with Crippen LogP contribution in [-0.4, -0.2) is 33.1 Å². The third kappa shape index (κ3) is 2.37. The molecular weight excluding hydrogens is 186 g/mol. The van der Waals surface area contributed by atoms with E-state index < -0.39 is 8.07 Å². The zero-order valence-electron chi connectivity index (χ0n) is 10.4. The Balaban J connectivity index is 2.98. The summed E-state index contributed by atoms with van der Waals surface area (Å²) in [4.78, 5) is 2.31. The maximum absolute atomic E-state index is 2.43. The maximum Gasteiger partial charge on any atom is 0.0776 e. The summed E-state index contributed by atoms with van der Waals surface area (Å²) in [6.07, 6.45) is 5.85. The molecular formula is C12H23NSi. The molecule has 0 spiro atoms. The molecule has 0 aromatic heterocycles. The van der Waals surface area contributed by atoms with E-state index in [-0.39, 0.29) is 0 Å². The minimum atomic E-state index is -1.13. The van der Waals surface area contributed by atoms with Crippen LogP contribution in [0.15, 0.2) is 22.9 Å². The second-order valence-corrected chi connectivity index (χ2v) is 10.5. The molecule has 1 aliphatic rings. The Kier molecular flexibility index (Phi) is 3.38. The van der Waals surface area contributed by atoms with Crippen molar-refractivity contribution in [3.8, 4) is 0 Å². The number of hydrogen-bond donors (Lipinski definition) is 0. The molecule has 0 N–H and O–H groups in total. The molecule has 1 atom stereocenters. The first-order valence-corrected chi connectivity index (χ1v) is 8.90. The van der Waals surface area contributed by atoms with Gasteiger partial charge in [-0.25, -0.2) is 0 Å². The van der Waals surface area contributed by atoms with E-state index in [4.69, 9.17) is 0 Å². The predicted molar refractivity (Wildman–Crippen MR) is 67.3 cm³/mol. The summed E-state index contributed by atoms with van der Waals surface area (Å²) in [5.74, 6) is 0. The molecule has 1 nitrogen and oxygen atoms in total. The third-order valence-electron chi connectivity index (χ3n) is 3.06. The van der Waals surface area contributed by atoms with Crippen molar-refractivity contribution in [1.29, 1.82) is 0 Å². The Hall–Kier alpha value is -0.343. The van der Waals surface area contributed by atoms with Gasteiger partial charge in [0.2, 0.25) is 0 Å². The Morgan fingerprint density at radius 3 is 2.29 bits per heavy atom. The van der Waals surface area contributed by atoms with Crippen molar-refractivity contribution in [3.05, 3.63) is 22.9 Å². The van der Waals surface area contributed by atoms with E-state index >= 15 is 0 Å². The average Bonchev–Trinajstić information content (AvgIpc) is 2.48. The van der Waals surface area contributed by atoms with Crippen molar-refractivity contribution in [1.82, 2.24) is 4.90 Å². The minimum absolute atomic E-state index is 0.590. The summed E-state index contributed by atoms with van der Waals surface area (Å²) in [5.41, 5.74) is 1.65. The first-order chi connectivity index (χ1) is 6.34. The van der Waals surface area contributed by atoms with Gasteiger partial charge in [-0.05, 0) is 27.4 Å². The lowest BCUT2D eigenvalue weighted by Crippen LogP contribution is -2.31. The van der Waals surface area contributed by atoms with Crippen LogP contribution in [0, 0.1) is 0 Å². The fourth-order valence-corrected chi connectivity index (χ4v) is 3.85. The smallest absolute Gasteiger partial charge is 0.0776 e. The van der Waals surface area contributed by atoms with Crippen LogP contribution in [0.5, 0.6) is 0 Å². The van der Waals surface area contributed by atoms with Crippen LogP contribution in [0.2, 0.25) is 19.6 Å². The first kappa shape index (κ1) is 11.7. The fourth-order valence-electron chi connectivity index (χ4n) is 1.96. The molecule has 0 saturated heterocycles. The topological polar surface area (TPSA) is 3.24 Å². The molecule has 0 unspecified atom stereocenters. The first-order valence-electron chi connectivity index (χ1n) is 5.40. The molecule has 0 radical (unpaired) electrons. The van der Waals surface area contributed by atoms with Gasteiger partial charge in [0.15, 0.2) is 0 Å². The largest absolute Gasteiger partial charge is 0.303 e. The van der Waals surface area contributed by atoms with Gasteiger partial charge in [-0.2, -0.15) is 0 Å². The average molecular weight is 209 g/mol. The highest BCUT2D eigenvalue weighted by Gasteiger charge is 2.26. The number of hydrogen-bond acceptors (Lipinski definition) is 1. The molecule has 0 aromatic carbocycles. The van der Waals surface area contributed by atoms with Gasteiger partial charge in [0.1, 0.15) is 0 Å². The van der Waals surface area contributed by atoms with Crippen LogP contribution >= 0.6 is 0 Å². The van der Waals surface area contributed by atoms with Crippen molar-refractivity contribution in [2.24, 2.45) is 0 Å². The standard InChI is InChI=1S/C12H23NSi/c1-10(13(2)3)11-8-7-9-12(11)14(4,5)6/h7,9-10H,8H2,1-6H3/t10-/m0/s1. The van der Waals surface area contributed by atoms with E-state index in [0.29, 0.717) is 6.04 Å². The monoisotopic (exact) mass is 209 g/mol. The fraction of sp³-hybridized carbons (Fsp3) is 0.667. The third-order valence-corrected chi connectivity index (χ3v) is 5.16. The van der Waals surface area contributed by atoms with Crippen LogP contribution in [0.25, 0.3) is 0 Å². The van der Waals surface area contributed by atoms with Crippen LogP contribution in [0.4, 0.5) is 0 Å². The number of nitrogens with zero attached hydrogens (tertiary/aromatic N) is 1. The lowest BCUT2D eigenvalue weighted by molar-refractivity contribution is 0.348.